The van der Waals surface area contributed by atoms with Crippen LogP contribution >= 0.6 is 0 Å². The lowest BCUT2D eigenvalue weighted by molar-refractivity contribution is -0.138. The number of carboxylic acids is 1. The number of carbonyl (C=O) groups excluding carboxylic acids is 3. The van der Waals surface area contributed by atoms with Crippen LogP contribution in [0.1, 0.15) is 39.0 Å². The highest BCUT2D eigenvalue weighted by molar-refractivity contribution is 5.85. The van der Waals surface area contributed by atoms with E-state index in [0.717, 1.165) is 0 Å². The molecule has 0 bridgehead atoms. The Bertz CT molecular complexity index is 370. The molecule has 0 aromatic rings. The largest absolute Gasteiger partial charge is 0.481 e. The number of unbranched alkanes of at least 4 members (excludes halogenated alkanes) is 1. The van der Waals surface area contributed by atoms with Crippen molar-refractivity contribution < 1.29 is 24.3 Å². The molecule has 20 heavy (non-hydrogen) atoms. The number of carbonyl (C=O) groups is 4. The van der Waals surface area contributed by atoms with Crippen molar-refractivity contribution in [2.24, 2.45) is 5.73 Å². The summed E-state index contributed by atoms with van der Waals surface area (Å²) >= 11 is 0. The molecule has 0 saturated carbocycles. The standard InChI is InChI=1S/C12H21N3O5/c1-8(16)15-9(12(13)20)4-2-3-7-14-10(17)5-6-11(18)19/h9H,2-7H2,1H3,(H2,13,20)(H,14,17)(H,15,16)(H,18,19)/t9-/m0/s1. The summed E-state index contributed by atoms with van der Waals surface area (Å²) < 4.78 is 0. The molecule has 0 unspecified atom stereocenters. The van der Waals surface area contributed by atoms with E-state index in [1.807, 2.05) is 0 Å². The quantitative estimate of drug-likeness (QED) is 0.387. The molecule has 0 spiro atoms. The van der Waals surface area contributed by atoms with Crippen molar-refractivity contribution in [1.29, 1.82) is 0 Å². The first-order valence-electron chi connectivity index (χ1n) is 6.38. The van der Waals surface area contributed by atoms with Gasteiger partial charge in [-0.1, -0.05) is 0 Å². The fourth-order valence-electron chi connectivity index (χ4n) is 1.54. The van der Waals surface area contributed by atoms with Gasteiger partial charge in [0.05, 0.1) is 6.42 Å². The molecule has 5 N–H and O–H groups in total. The summed E-state index contributed by atoms with van der Waals surface area (Å²) in [7, 11) is 0. The number of primary amides is 1. The van der Waals surface area contributed by atoms with Crippen LogP contribution in [0.2, 0.25) is 0 Å². The first kappa shape index (κ1) is 17.9. The van der Waals surface area contributed by atoms with Crippen LogP contribution in [-0.4, -0.2) is 41.4 Å². The fraction of sp³-hybridized carbons (Fsp3) is 0.667. The van der Waals surface area contributed by atoms with Gasteiger partial charge < -0.3 is 21.5 Å². The summed E-state index contributed by atoms with van der Waals surface area (Å²) in [6, 6.07) is -0.699. The predicted molar refractivity (Wildman–Crippen MR) is 70.5 cm³/mol. The van der Waals surface area contributed by atoms with Gasteiger partial charge in [0.1, 0.15) is 6.04 Å². The van der Waals surface area contributed by atoms with Crippen molar-refractivity contribution in [3.63, 3.8) is 0 Å². The molecule has 0 saturated heterocycles. The highest BCUT2D eigenvalue weighted by Gasteiger charge is 2.15. The van der Waals surface area contributed by atoms with Gasteiger partial charge in [-0.3, -0.25) is 19.2 Å². The normalized spacial score (nSPS) is 11.4. The first-order chi connectivity index (χ1) is 9.32. The molecule has 0 heterocycles. The highest BCUT2D eigenvalue weighted by atomic mass is 16.4. The zero-order chi connectivity index (χ0) is 15.5. The minimum atomic E-state index is -1.01. The lowest BCUT2D eigenvalue weighted by atomic mass is 10.1. The van der Waals surface area contributed by atoms with Crippen LogP contribution in [0.15, 0.2) is 0 Å². The summed E-state index contributed by atoms with van der Waals surface area (Å²) in [5.74, 6) is -2.25. The van der Waals surface area contributed by atoms with Crippen LogP contribution in [-0.2, 0) is 19.2 Å². The second kappa shape index (κ2) is 9.76. The van der Waals surface area contributed by atoms with E-state index in [4.69, 9.17) is 10.8 Å². The summed E-state index contributed by atoms with van der Waals surface area (Å²) in [5, 5.41) is 13.4. The SMILES string of the molecule is CC(=O)N[C@@H](CCCCNC(=O)CCC(=O)O)C(N)=O. The molecule has 0 aliphatic heterocycles. The smallest absolute Gasteiger partial charge is 0.303 e. The molecule has 3 amide bonds. The number of amides is 3. The monoisotopic (exact) mass is 287 g/mol. The molecule has 0 aromatic carbocycles. The van der Waals surface area contributed by atoms with E-state index in [1.54, 1.807) is 0 Å². The summed E-state index contributed by atoms with van der Waals surface area (Å²) in [4.78, 5) is 43.3. The number of rotatable bonds is 10. The van der Waals surface area contributed by atoms with Gasteiger partial charge in [0.25, 0.3) is 0 Å². The van der Waals surface area contributed by atoms with Crippen LogP contribution in [0, 0.1) is 0 Å². The number of hydrogen-bond donors (Lipinski definition) is 4. The molecule has 8 nitrogen and oxygen atoms in total. The Morgan fingerprint density at radius 1 is 1.15 bits per heavy atom. The number of hydrogen-bond acceptors (Lipinski definition) is 4. The van der Waals surface area contributed by atoms with Crippen LogP contribution in [0.3, 0.4) is 0 Å². The second-order valence-electron chi connectivity index (χ2n) is 4.39. The molecule has 0 fully saturated rings. The van der Waals surface area contributed by atoms with E-state index in [2.05, 4.69) is 10.6 Å². The van der Waals surface area contributed by atoms with Crippen molar-refractivity contribution in [1.82, 2.24) is 10.6 Å². The van der Waals surface area contributed by atoms with Gasteiger partial charge in [-0.05, 0) is 19.3 Å². The molecule has 0 rings (SSSR count). The molecule has 1 atom stereocenters. The van der Waals surface area contributed by atoms with Gasteiger partial charge in [-0.15, -0.1) is 0 Å². The number of carboxylic acid groups (broad SMARTS) is 1. The lowest BCUT2D eigenvalue weighted by Gasteiger charge is -2.13. The molecule has 114 valence electrons. The van der Waals surface area contributed by atoms with Gasteiger partial charge >= 0.3 is 5.97 Å². The topological polar surface area (TPSA) is 139 Å². The molecule has 0 aliphatic rings. The van der Waals surface area contributed by atoms with Crippen molar-refractivity contribution >= 4 is 23.7 Å². The Labute approximate surface area is 117 Å². The lowest BCUT2D eigenvalue weighted by Crippen LogP contribution is -2.43. The van der Waals surface area contributed by atoms with Gasteiger partial charge in [-0.2, -0.15) is 0 Å². The van der Waals surface area contributed by atoms with E-state index in [1.165, 1.54) is 6.92 Å². The maximum absolute atomic E-state index is 11.2. The van der Waals surface area contributed by atoms with Crippen LogP contribution in [0.25, 0.3) is 0 Å². The molecule has 0 radical (unpaired) electrons. The van der Waals surface area contributed by atoms with Crippen molar-refractivity contribution in [3.8, 4) is 0 Å². The molecule has 0 aliphatic carbocycles. The minimum absolute atomic E-state index is 0.0505. The zero-order valence-corrected chi connectivity index (χ0v) is 11.5. The summed E-state index contributed by atoms with van der Waals surface area (Å²) in [6.45, 7) is 1.70. The van der Waals surface area contributed by atoms with Crippen molar-refractivity contribution in [2.45, 2.75) is 45.1 Å². The molecular formula is C12H21N3O5. The Kier molecular flexibility index (Phi) is 8.73. The maximum atomic E-state index is 11.2. The third-order valence-electron chi connectivity index (χ3n) is 2.53. The van der Waals surface area contributed by atoms with Gasteiger partial charge in [0.2, 0.25) is 17.7 Å². The number of aliphatic carboxylic acids is 1. The summed E-state index contributed by atoms with van der Waals surface area (Å²) in [6.07, 6.45) is 1.37. The minimum Gasteiger partial charge on any atom is -0.481 e. The second-order valence-corrected chi connectivity index (χ2v) is 4.39. The third kappa shape index (κ3) is 9.86. The average molecular weight is 287 g/mol. The van der Waals surface area contributed by atoms with Crippen LogP contribution < -0.4 is 16.4 Å². The van der Waals surface area contributed by atoms with Gasteiger partial charge in [0, 0.05) is 19.9 Å². The average Bonchev–Trinajstić information content (AvgIpc) is 2.33. The van der Waals surface area contributed by atoms with E-state index in [-0.39, 0.29) is 24.7 Å². The Morgan fingerprint density at radius 3 is 2.30 bits per heavy atom. The fourth-order valence-corrected chi connectivity index (χ4v) is 1.54. The highest BCUT2D eigenvalue weighted by Crippen LogP contribution is 2.00. The van der Waals surface area contributed by atoms with E-state index < -0.39 is 17.9 Å². The van der Waals surface area contributed by atoms with Gasteiger partial charge in [-0.25, -0.2) is 0 Å². The summed E-state index contributed by atoms with van der Waals surface area (Å²) in [5.41, 5.74) is 5.14. The Balaban J connectivity index is 3.73. The van der Waals surface area contributed by atoms with Gasteiger partial charge in [0.15, 0.2) is 0 Å². The van der Waals surface area contributed by atoms with Crippen LogP contribution in [0.5, 0.6) is 0 Å². The van der Waals surface area contributed by atoms with E-state index in [9.17, 15) is 19.2 Å². The Hall–Kier alpha value is -2.12. The van der Waals surface area contributed by atoms with Crippen molar-refractivity contribution in [2.75, 3.05) is 6.54 Å². The predicted octanol–water partition coefficient (Wildman–Crippen LogP) is -0.872. The molecule has 8 heteroatoms. The van der Waals surface area contributed by atoms with E-state index in [0.29, 0.717) is 25.8 Å². The van der Waals surface area contributed by atoms with Crippen LogP contribution in [0.4, 0.5) is 0 Å². The molecular weight excluding hydrogens is 266 g/mol. The maximum Gasteiger partial charge on any atom is 0.303 e. The number of nitrogens with two attached hydrogens (primary N) is 1. The van der Waals surface area contributed by atoms with E-state index >= 15 is 0 Å². The zero-order valence-electron chi connectivity index (χ0n) is 11.5. The van der Waals surface area contributed by atoms with Crippen molar-refractivity contribution in [3.05, 3.63) is 0 Å². The Morgan fingerprint density at radius 2 is 1.80 bits per heavy atom. The number of nitrogens with one attached hydrogen (secondary N) is 2. The molecule has 0 aromatic heterocycles. The first-order valence-corrected chi connectivity index (χ1v) is 6.38. The third-order valence-corrected chi connectivity index (χ3v) is 2.53.